The summed E-state index contributed by atoms with van der Waals surface area (Å²) in [5.74, 6) is 1.36. The van der Waals surface area contributed by atoms with Crippen molar-refractivity contribution in [2.24, 2.45) is 5.92 Å². The van der Waals surface area contributed by atoms with Gasteiger partial charge in [-0.15, -0.1) is 0 Å². The van der Waals surface area contributed by atoms with Gasteiger partial charge in [0.15, 0.2) is 0 Å². The monoisotopic (exact) mass is 595 g/mol. The Morgan fingerprint density at radius 1 is 0.955 bits per heavy atom. The predicted octanol–water partition coefficient (Wildman–Crippen LogP) is 6.61. The van der Waals surface area contributed by atoms with Gasteiger partial charge in [0, 0.05) is 59.8 Å². The van der Waals surface area contributed by atoms with Crippen LogP contribution in [0.5, 0.6) is 0 Å². The van der Waals surface area contributed by atoms with Gasteiger partial charge in [-0.3, -0.25) is 15.2 Å². The minimum atomic E-state index is -0.314. The molecule has 0 bridgehead atoms. The third-order valence-electron chi connectivity index (χ3n) is 8.92. The second-order valence-corrected chi connectivity index (χ2v) is 13.2. The summed E-state index contributed by atoms with van der Waals surface area (Å²) in [6, 6.07) is 18.1. The van der Waals surface area contributed by atoms with E-state index in [0.29, 0.717) is 5.82 Å². The highest BCUT2D eigenvalue weighted by molar-refractivity contribution is 6.09. The molecule has 2 N–H and O–H groups in total. The summed E-state index contributed by atoms with van der Waals surface area (Å²) in [7, 11) is 0. The minimum Gasteiger partial charge on any atom is -0.379 e. The number of benzene rings is 2. The number of piperidine rings is 1. The van der Waals surface area contributed by atoms with Crippen LogP contribution >= 0.6 is 0 Å². The van der Waals surface area contributed by atoms with E-state index in [9.17, 15) is 4.79 Å². The Bertz CT molecular complexity index is 1580. The van der Waals surface area contributed by atoms with Crippen molar-refractivity contribution < 1.29 is 9.53 Å². The lowest BCUT2D eigenvalue weighted by molar-refractivity contribution is 0.0349. The number of urea groups is 1. The van der Waals surface area contributed by atoms with Gasteiger partial charge in [-0.05, 0) is 62.9 Å². The van der Waals surface area contributed by atoms with Crippen molar-refractivity contribution in [1.82, 2.24) is 19.7 Å². The number of aryl methyl sites for hydroxylation is 1. The van der Waals surface area contributed by atoms with Crippen LogP contribution in [0, 0.1) is 12.8 Å². The molecule has 0 saturated carbocycles. The first-order chi connectivity index (χ1) is 21.2. The second-order valence-electron chi connectivity index (χ2n) is 13.2. The molecular formula is C35H45N7O2. The maximum atomic E-state index is 13.4. The first kappa shape index (κ1) is 30.1. The van der Waals surface area contributed by atoms with Gasteiger partial charge in [-0.1, -0.05) is 45.0 Å². The molecule has 0 unspecified atom stereocenters. The van der Waals surface area contributed by atoms with Gasteiger partial charge >= 0.3 is 6.03 Å². The van der Waals surface area contributed by atoms with Crippen LogP contribution in [0.4, 0.5) is 22.0 Å². The fourth-order valence-corrected chi connectivity index (χ4v) is 6.21. The van der Waals surface area contributed by atoms with Crippen LogP contribution in [-0.2, 0) is 10.2 Å². The maximum absolute atomic E-state index is 13.4. The van der Waals surface area contributed by atoms with Crippen molar-refractivity contribution in [1.29, 1.82) is 0 Å². The molecule has 6 rings (SSSR count). The molecule has 4 heterocycles. The molecule has 0 spiro atoms. The number of nitrogens with zero attached hydrogens (tertiary/aromatic N) is 5. The summed E-state index contributed by atoms with van der Waals surface area (Å²) in [5, 5.41) is 13.2. The Balaban J connectivity index is 1.15. The molecule has 0 atom stereocenters. The van der Waals surface area contributed by atoms with E-state index in [2.05, 4.69) is 70.5 Å². The SMILES string of the molecule is Cc1ccc(-n2nc(C(C)(C)C)cc2NC(=O)Nc2ccc(N3CCC(CCN4CCOCC4)CC3)c3ccccc23)cn1. The number of pyridine rings is 1. The Morgan fingerprint density at radius 2 is 1.70 bits per heavy atom. The Labute approximate surface area is 260 Å². The molecule has 9 heteroatoms. The molecular weight excluding hydrogens is 550 g/mol. The van der Waals surface area contributed by atoms with E-state index in [1.54, 1.807) is 10.9 Å². The molecule has 2 aromatic carbocycles. The van der Waals surface area contributed by atoms with Crippen LogP contribution in [0.25, 0.3) is 16.5 Å². The molecule has 2 saturated heterocycles. The minimum absolute atomic E-state index is 0.181. The highest BCUT2D eigenvalue weighted by Crippen LogP contribution is 2.35. The lowest BCUT2D eigenvalue weighted by atomic mass is 9.92. The third-order valence-corrected chi connectivity index (χ3v) is 8.92. The number of ether oxygens (including phenoxy) is 1. The smallest absolute Gasteiger partial charge is 0.324 e. The molecule has 4 aromatic rings. The summed E-state index contributed by atoms with van der Waals surface area (Å²) in [6.07, 6.45) is 5.46. The third kappa shape index (κ3) is 6.89. The average Bonchev–Trinajstić information content (AvgIpc) is 3.46. The van der Waals surface area contributed by atoms with Crippen LogP contribution in [0.3, 0.4) is 0 Å². The molecule has 9 nitrogen and oxygen atoms in total. The highest BCUT2D eigenvalue weighted by Gasteiger charge is 2.24. The van der Waals surface area contributed by atoms with Gasteiger partial charge in [0.2, 0.25) is 0 Å². The number of morpholine rings is 1. The van der Waals surface area contributed by atoms with Crippen LogP contribution in [-0.4, -0.2) is 71.6 Å². The van der Waals surface area contributed by atoms with Crippen molar-refractivity contribution >= 4 is 34.0 Å². The summed E-state index contributed by atoms with van der Waals surface area (Å²) in [4.78, 5) is 22.9. The Hall–Kier alpha value is -3.95. The normalized spacial score (nSPS) is 16.8. The van der Waals surface area contributed by atoms with Crippen molar-refractivity contribution in [2.75, 3.05) is 61.5 Å². The largest absolute Gasteiger partial charge is 0.379 e. The number of anilines is 3. The number of amides is 2. The van der Waals surface area contributed by atoms with E-state index in [1.807, 2.05) is 37.3 Å². The van der Waals surface area contributed by atoms with Crippen LogP contribution in [0.15, 0.2) is 60.8 Å². The Kier molecular flexibility index (Phi) is 8.86. The highest BCUT2D eigenvalue weighted by atomic mass is 16.5. The van der Waals surface area contributed by atoms with E-state index in [0.717, 1.165) is 78.8 Å². The van der Waals surface area contributed by atoms with Crippen LogP contribution < -0.4 is 15.5 Å². The standard InChI is InChI=1S/C35H45N7O2/c1-25-9-10-27(24-36-25)42-33(23-32(39-42)35(2,3)4)38-34(43)37-30-11-12-31(29-8-6-5-7-28(29)30)41-17-14-26(15-18-41)13-16-40-19-21-44-22-20-40/h5-12,23-24,26H,13-22H2,1-4H3,(H2,37,38,43). The van der Waals surface area contributed by atoms with Crippen molar-refractivity contribution in [3.63, 3.8) is 0 Å². The van der Waals surface area contributed by atoms with Gasteiger partial charge in [0.05, 0.1) is 36.5 Å². The van der Waals surface area contributed by atoms with Crippen LogP contribution in [0.1, 0.15) is 51.4 Å². The van der Waals surface area contributed by atoms with E-state index < -0.39 is 0 Å². The van der Waals surface area contributed by atoms with Crippen molar-refractivity contribution in [3.8, 4) is 5.69 Å². The average molecular weight is 596 g/mol. The van der Waals surface area contributed by atoms with Gasteiger partial charge in [0.25, 0.3) is 0 Å². The number of carbonyl (C=O) groups is 1. The first-order valence-electron chi connectivity index (χ1n) is 15.9. The second kappa shape index (κ2) is 13.0. The van der Waals surface area contributed by atoms with Crippen molar-refractivity contribution in [3.05, 3.63) is 72.2 Å². The number of nitrogens with one attached hydrogen (secondary N) is 2. The lowest BCUT2D eigenvalue weighted by Crippen LogP contribution is -2.39. The number of rotatable bonds is 7. The fraction of sp³-hybridized carbons (Fsp3) is 0.457. The van der Waals surface area contributed by atoms with Gasteiger partial charge < -0.3 is 15.0 Å². The molecule has 2 fully saturated rings. The lowest BCUT2D eigenvalue weighted by Gasteiger charge is -2.36. The zero-order valence-electron chi connectivity index (χ0n) is 26.5. The number of aromatic nitrogens is 3. The van der Waals surface area contributed by atoms with E-state index in [4.69, 9.17) is 9.84 Å². The molecule has 232 valence electrons. The quantitative estimate of drug-likeness (QED) is 0.250. The predicted molar refractivity (Wildman–Crippen MR) is 178 cm³/mol. The topological polar surface area (TPSA) is 87.6 Å². The fourth-order valence-electron chi connectivity index (χ4n) is 6.21. The van der Waals surface area contributed by atoms with Gasteiger partial charge in [-0.25, -0.2) is 9.48 Å². The molecule has 2 aliphatic heterocycles. The zero-order chi connectivity index (χ0) is 30.7. The van der Waals surface area contributed by atoms with Crippen molar-refractivity contribution in [2.45, 2.75) is 52.4 Å². The summed E-state index contributed by atoms with van der Waals surface area (Å²) in [5.41, 5.74) is 4.43. The van der Waals surface area contributed by atoms with Crippen LogP contribution in [0.2, 0.25) is 0 Å². The molecule has 2 aromatic heterocycles. The number of hydrogen-bond acceptors (Lipinski definition) is 6. The molecule has 2 aliphatic rings. The van der Waals surface area contributed by atoms with Gasteiger partial charge in [-0.2, -0.15) is 5.10 Å². The summed E-state index contributed by atoms with van der Waals surface area (Å²) < 4.78 is 7.25. The number of carbonyl (C=O) groups excluding carboxylic acids is 1. The van der Waals surface area contributed by atoms with Gasteiger partial charge in [0.1, 0.15) is 5.82 Å². The maximum Gasteiger partial charge on any atom is 0.324 e. The van der Waals surface area contributed by atoms with E-state index >= 15 is 0 Å². The Morgan fingerprint density at radius 3 is 2.41 bits per heavy atom. The molecule has 2 amide bonds. The number of fused-ring (bicyclic) bond motifs is 1. The summed E-state index contributed by atoms with van der Waals surface area (Å²) in [6.45, 7) is 15.4. The molecule has 0 aliphatic carbocycles. The first-order valence-corrected chi connectivity index (χ1v) is 15.9. The van der Waals surface area contributed by atoms with E-state index in [1.165, 1.54) is 31.5 Å². The number of hydrogen-bond donors (Lipinski definition) is 2. The van der Waals surface area contributed by atoms with E-state index in [-0.39, 0.29) is 11.4 Å². The summed E-state index contributed by atoms with van der Waals surface area (Å²) >= 11 is 0. The molecule has 0 radical (unpaired) electrons. The molecule has 44 heavy (non-hydrogen) atoms. The zero-order valence-corrected chi connectivity index (χ0v) is 26.5.